The van der Waals surface area contributed by atoms with Gasteiger partial charge in [-0.2, -0.15) is 9.50 Å². The summed E-state index contributed by atoms with van der Waals surface area (Å²) in [7, 11) is 0. The highest BCUT2D eigenvalue weighted by Crippen LogP contribution is 2.27. The van der Waals surface area contributed by atoms with Gasteiger partial charge in [0.1, 0.15) is 16.3 Å². The quantitative estimate of drug-likeness (QED) is 0.222. The second-order valence-electron chi connectivity index (χ2n) is 9.58. The smallest absolute Gasteiger partial charge is 0.309 e. The molecule has 0 spiro atoms. The molecule has 0 radical (unpaired) electrons. The van der Waals surface area contributed by atoms with Crippen molar-refractivity contribution in [3.05, 3.63) is 52.1 Å². The van der Waals surface area contributed by atoms with Gasteiger partial charge in [-0.25, -0.2) is 9.37 Å². The van der Waals surface area contributed by atoms with E-state index in [2.05, 4.69) is 20.0 Å². The van der Waals surface area contributed by atoms with E-state index < -0.39 is 5.97 Å². The monoisotopic (exact) mass is 618 g/mol. The summed E-state index contributed by atoms with van der Waals surface area (Å²) in [5.74, 6) is 0.0686. The lowest BCUT2D eigenvalue weighted by Crippen LogP contribution is -2.47. The summed E-state index contributed by atoms with van der Waals surface area (Å²) in [5, 5.41) is 13.1. The van der Waals surface area contributed by atoms with Crippen LogP contribution in [0.2, 0.25) is 0 Å². The molecule has 13 nitrogen and oxygen atoms in total. The number of halogens is 2. The number of fused-ring (bicyclic) bond motifs is 3. The molecule has 1 aliphatic rings. The molecule has 6 rings (SSSR count). The Morgan fingerprint density at radius 3 is 2.67 bits per heavy atom. The van der Waals surface area contributed by atoms with Crippen molar-refractivity contribution >= 4 is 57.3 Å². The largest absolute Gasteiger partial charge is 0.493 e. The first-order chi connectivity index (χ1) is 19.9. The number of rotatable bonds is 10. The maximum absolute atomic E-state index is 14.8. The molecule has 4 aromatic heterocycles. The van der Waals surface area contributed by atoms with Gasteiger partial charge in [0.2, 0.25) is 11.8 Å². The summed E-state index contributed by atoms with van der Waals surface area (Å²) in [6, 6.07) is 8.20. The van der Waals surface area contributed by atoms with E-state index >= 15 is 0 Å². The minimum absolute atomic E-state index is 0. The van der Waals surface area contributed by atoms with Crippen molar-refractivity contribution in [3.63, 3.8) is 0 Å². The van der Waals surface area contributed by atoms with Gasteiger partial charge in [-0.15, -0.1) is 17.5 Å². The van der Waals surface area contributed by atoms with Crippen LogP contribution in [0.5, 0.6) is 5.75 Å². The van der Waals surface area contributed by atoms with Crippen LogP contribution in [-0.2, 0) is 11.3 Å². The second-order valence-corrected chi connectivity index (χ2v) is 10.5. The average Bonchev–Trinajstić information content (AvgIpc) is 3.70. The molecule has 42 heavy (non-hydrogen) atoms. The Kier molecular flexibility index (Phi) is 8.61. The summed E-state index contributed by atoms with van der Waals surface area (Å²) in [6.07, 6.45) is 1.89. The lowest BCUT2D eigenvalue weighted by atomic mass is 10.2. The zero-order valence-corrected chi connectivity index (χ0v) is 23.9. The average molecular weight is 619 g/mol. The van der Waals surface area contributed by atoms with Crippen molar-refractivity contribution in [2.75, 3.05) is 50.0 Å². The van der Waals surface area contributed by atoms with Crippen LogP contribution in [-0.4, -0.2) is 79.5 Å². The van der Waals surface area contributed by atoms with Gasteiger partial charge in [0.25, 0.3) is 0 Å². The van der Waals surface area contributed by atoms with Gasteiger partial charge in [-0.3, -0.25) is 19.1 Å². The Bertz CT molecular complexity index is 1760. The molecule has 1 aromatic carbocycles. The molecular weight excluding hydrogens is 591 g/mol. The number of anilines is 2. The number of nitrogens with zero attached hydrogens (tertiary/aromatic N) is 7. The first-order valence-electron chi connectivity index (χ1n) is 13.1. The first-order valence-corrected chi connectivity index (χ1v) is 13.9. The van der Waals surface area contributed by atoms with Crippen LogP contribution in [0, 0.1) is 5.82 Å². The maximum Gasteiger partial charge on any atom is 0.309 e. The number of thiazole rings is 1. The highest BCUT2D eigenvalue weighted by atomic mass is 35.5. The van der Waals surface area contributed by atoms with Crippen LogP contribution >= 0.6 is 23.7 Å². The summed E-state index contributed by atoms with van der Waals surface area (Å²) in [6.45, 7) is 3.88. The fourth-order valence-corrected chi connectivity index (χ4v) is 5.77. The number of hydrogen-bond donors (Lipinski definition) is 2. The van der Waals surface area contributed by atoms with Crippen LogP contribution in [0.15, 0.2) is 45.8 Å². The third kappa shape index (κ3) is 5.89. The predicted octanol–water partition coefficient (Wildman–Crippen LogP) is 2.97. The summed E-state index contributed by atoms with van der Waals surface area (Å²) in [4.78, 5) is 36.6. The maximum atomic E-state index is 14.8. The summed E-state index contributed by atoms with van der Waals surface area (Å²) in [5.41, 5.74) is 7.58. The number of ether oxygens (including phenoxy) is 1. The molecule has 3 N–H and O–H groups in total. The molecule has 1 saturated heterocycles. The number of carboxylic acids is 1. The number of benzene rings is 1. The van der Waals surface area contributed by atoms with E-state index in [1.165, 1.54) is 16.8 Å². The fraction of sp³-hybridized carbons (Fsp3) is 0.346. The van der Waals surface area contributed by atoms with Crippen LogP contribution < -0.4 is 20.2 Å². The van der Waals surface area contributed by atoms with Crippen molar-refractivity contribution in [2.45, 2.75) is 19.4 Å². The summed E-state index contributed by atoms with van der Waals surface area (Å²) < 4.78 is 29.3. The lowest BCUT2D eigenvalue weighted by Gasteiger charge is -2.36. The van der Waals surface area contributed by atoms with Crippen molar-refractivity contribution in [3.8, 4) is 17.3 Å². The Balaban J connectivity index is 0.00000353. The second kappa shape index (κ2) is 12.3. The van der Waals surface area contributed by atoms with Crippen LogP contribution in [0.4, 0.5) is 16.0 Å². The van der Waals surface area contributed by atoms with E-state index in [1.807, 2.05) is 4.90 Å². The van der Waals surface area contributed by atoms with E-state index in [0.29, 0.717) is 84.7 Å². The van der Waals surface area contributed by atoms with E-state index in [0.717, 1.165) is 11.3 Å². The normalized spacial score (nSPS) is 14.0. The number of piperazine rings is 1. The van der Waals surface area contributed by atoms with Gasteiger partial charge >= 0.3 is 10.8 Å². The molecule has 1 fully saturated rings. The first kappa shape index (κ1) is 29.3. The molecule has 5 aromatic rings. The third-order valence-electron chi connectivity index (χ3n) is 6.93. The van der Waals surface area contributed by atoms with Crippen LogP contribution in [0.1, 0.15) is 12.8 Å². The van der Waals surface area contributed by atoms with E-state index in [4.69, 9.17) is 20.0 Å². The number of carboxylic acid groups (broad SMARTS) is 1. The molecule has 0 atom stereocenters. The fourth-order valence-electron chi connectivity index (χ4n) is 4.84. The van der Waals surface area contributed by atoms with Crippen molar-refractivity contribution in [2.24, 2.45) is 0 Å². The van der Waals surface area contributed by atoms with Gasteiger partial charge in [0, 0.05) is 51.8 Å². The van der Waals surface area contributed by atoms with Crippen molar-refractivity contribution in [1.82, 2.24) is 29.0 Å². The molecule has 16 heteroatoms. The molecule has 1 aliphatic heterocycles. The Labute approximate surface area is 248 Å². The van der Waals surface area contributed by atoms with Gasteiger partial charge < -0.3 is 24.9 Å². The number of nitrogens with two attached hydrogens (primary N) is 1. The van der Waals surface area contributed by atoms with E-state index in [9.17, 15) is 14.0 Å². The van der Waals surface area contributed by atoms with Crippen LogP contribution in [0.25, 0.3) is 27.6 Å². The van der Waals surface area contributed by atoms with Crippen molar-refractivity contribution in [1.29, 1.82) is 0 Å². The molecule has 0 unspecified atom stereocenters. The number of aromatic nitrogens is 5. The lowest BCUT2D eigenvalue weighted by molar-refractivity contribution is -0.137. The van der Waals surface area contributed by atoms with Gasteiger partial charge in [-0.1, -0.05) is 11.3 Å². The SMILES string of the molecule is Cl.Nc1nc2c(sc(=O)n2CCN2CCN(c3ccc(OCCCC(=O)O)cc3F)CC2)c2nc(-c3ccco3)nn12. The minimum atomic E-state index is -0.889. The third-order valence-corrected chi connectivity index (χ3v) is 7.90. The molecule has 0 bridgehead atoms. The number of furan rings is 1. The van der Waals surface area contributed by atoms with Crippen molar-refractivity contribution < 1.29 is 23.4 Å². The van der Waals surface area contributed by atoms with Gasteiger partial charge in [0.15, 0.2) is 17.1 Å². The Morgan fingerprint density at radius 1 is 1.14 bits per heavy atom. The minimum Gasteiger partial charge on any atom is -0.493 e. The topological polar surface area (TPSA) is 157 Å². The van der Waals surface area contributed by atoms with Gasteiger partial charge in [0.05, 0.1) is 18.6 Å². The Morgan fingerprint density at radius 2 is 1.95 bits per heavy atom. The van der Waals surface area contributed by atoms with Gasteiger partial charge in [-0.05, 0) is 30.7 Å². The molecular formula is C26H28ClFN8O5S. The molecule has 0 aliphatic carbocycles. The van der Waals surface area contributed by atoms with E-state index in [-0.39, 0.29) is 42.1 Å². The highest BCUT2D eigenvalue weighted by molar-refractivity contribution is 7.17. The molecule has 0 saturated carbocycles. The predicted molar refractivity (Wildman–Crippen MR) is 157 cm³/mol. The number of carbonyl (C=O) groups is 1. The number of aliphatic carboxylic acids is 1. The van der Waals surface area contributed by atoms with Crippen LogP contribution in [0.3, 0.4) is 0 Å². The summed E-state index contributed by atoms with van der Waals surface area (Å²) >= 11 is 1.05. The number of hydrogen-bond acceptors (Lipinski definition) is 11. The molecule has 5 heterocycles. The Hall–Kier alpha value is -4.21. The van der Waals surface area contributed by atoms with E-state index in [1.54, 1.807) is 28.8 Å². The molecule has 222 valence electrons. The highest BCUT2D eigenvalue weighted by Gasteiger charge is 2.22. The zero-order valence-electron chi connectivity index (χ0n) is 22.3. The number of nitrogen functional groups attached to an aromatic ring is 1. The standard InChI is InChI=1S/C26H27FN8O5S.ClH/c27-17-15-16(39-13-2-4-20(36)37)5-6-18(17)33-10-7-32(8-11-33)9-12-34-23-21(41-26(34)38)24-29-22(19-3-1-14-40-19)31-35(24)25(28)30-23;/h1,3,5-6,14-15H,2,4,7-13H2,(H2,28,30)(H,36,37);1H. The zero-order chi connectivity index (χ0) is 28.5. The molecule has 0 amide bonds.